The maximum absolute atomic E-state index is 6.18. The number of nitrogens with one attached hydrogen (secondary N) is 1. The van der Waals surface area contributed by atoms with Gasteiger partial charge in [-0.15, -0.1) is 0 Å². The van der Waals surface area contributed by atoms with Crippen LogP contribution in [0.3, 0.4) is 0 Å². The molecule has 88 valence electrons. The van der Waals surface area contributed by atoms with Crippen molar-refractivity contribution in [3.63, 3.8) is 0 Å². The monoisotopic (exact) mass is 247 g/mol. The maximum Gasteiger partial charge on any atom is 0.0640 e. The molecule has 0 saturated carbocycles. The first-order valence-electron chi connectivity index (χ1n) is 5.41. The Kier molecular flexibility index (Phi) is 3.71. The lowest BCUT2D eigenvalue weighted by Gasteiger charge is -2.19. The van der Waals surface area contributed by atoms with Gasteiger partial charge in [-0.2, -0.15) is 0 Å². The van der Waals surface area contributed by atoms with Crippen molar-refractivity contribution in [1.82, 2.24) is 15.3 Å². The second kappa shape index (κ2) is 5.25. The Bertz CT molecular complexity index is 468. The normalized spacial score (nSPS) is 12.4. The van der Waals surface area contributed by atoms with Crippen molar-refractivity contribution in [2.75, 3.05) is 7.05 Å². The van der Waals surface area contributed by atoms with Crippen LogP contribution in [0.2, 0.25) is 5.02 Å². The lowest BCUT2D eigenvalue weighted by atomic mass is 9.98. The number of aromatic nitrogens is 2. The zero-order valence-corrected chi connectivity index (χ0v) is 10.6. The quantitative estimate of drug-likeness (QED) is 0.906. The molecule has 0 aliphatic heterocycles. The lowest BCUT2D eigenvalue weighted by molar-refractivity contribution is 0.683. The summed E-state index contributed by atoms with van der Waals surface area (Å²) in [6, 6.07) is 3.96. The minimum atomic E-state index is 0.0409. The van der Waals surface area contributed by atoms with Crippen LogP contribution in [0.5, 0.6) is 0 Å². The molecule has 0 bridgehead atoms. The van der Waals surface area contributed by atoms with Crippen LogP contribution in [0.15, 0.2) is 36.9 Å². The van der Waals surface area contributed by atoms with E-state index >= 15 is 0 Å². The SMILES string of the molecule is CNC(c1cnccc1C)c1ccncc1Cl. The predicted molar refractivity (Wildman–Crippen MR) is 69.1 cm³/mol. The van der Waals surface area contributed by atoms with Crippen molar-refractivity contribution < 1.29 is 0 Å². The standard InChI is InChI=1S/C13H14ClN3/c1-9-3-5-16-7-11(9)13(15-2)10-4-6-17-8-12(10)14/h3-8,13,15H,1-2H3. The smallest absolute Gasteiger partial charge is 0.0640 e. The minimum Gasteiger partial charge on any atom is -0.309 e. The van der Waals surface area contributed by atoms with Gasteiger partial charge < -0.3 is 5.32 Å². The molecule has 0 aromatic carbocycles. The molecule has 0 aliphatic carbocycles. The summed E-state index contributed by atoms with van der Waals surface area (Å²) >= 11 is 6.18. The Morgan fingerprint density at radius 1 is 1.12 bits per heavy atom. The molecule has 1 atom stereocenters. The number of rotatable bonds is 3. The molecule has 1 unspecified atom stereocenters. The molecule has 2 aromatic heterocycles. The summed E-state index contributed by atoms with van der Waals surface area (Å²) in [6.07, 6.45) is 7.07. The average Bonchev–Trinajstić information content (AvgIpc) is 2.34. The fourth-order valence-electron chi connectivity index (χ4n) is 1.88. The van der Waals surface area contributed by atoms with Gasteiger partial charge in [-0.3, -0.25) is 9.97 Å². The maximum atomic E-state index is 6.18. The Hall–Kier alpha value is -1.45. The van der Waals surface area contributed by atoms with Gasteiger partial charge in [0.25, 0.3) is 0 Å². The fraction of sp³-hybridized carbons (Fsp3) is 0.231. The molecule has 0 saturated heterocycles. The van der Waals surface area contributed by atoms with E-state index in [1.165, 1.54) is 5.56 Å². The first kappa shape index (κ1) is 12.0. The molecular formula is C13H14ClN3. The molecule has 2 aromatic rings. The minimum absolute atomic E-state index is 0.0409. The molecule has 0 spiro atoms. The molecule has 3 nitrogen and oxygen atoms in total. The fourth-order valence-corrected chi connectivity index (χ4v) is 2.11. The summed E-state index contributed by atoms with van der Waals surface area (Å²) in [6.45, 7) is 2.07. The molecule has 2 heterocycles. The third-order valence-corrected chi connectivity index (χ3v) is 3.11. The zero-order chi connectivity index (χ0) is 12.3. The van der Waals surface area contributed by atoms with Crippen molar-refractivity contribution in [3.05, 3.63) is 58.6 Å². The van der Waals surface area contributed by atoms with Crippen molar-refractivity contribution in [2.45, 2.75) is 13.0 Å². The Morgan fingerprint density at radius 3 is 2.47 bits per heavy atom. The molecule has 0 radical (unpaired) electrons. The lowest BCUT2D eigenvalue weighted by Crippen LogP contribution is -2.19. The van der Waals surface area contributed by atoms with Gasteiger partial charge in [-0.25, -0.2) is 0 Å². The number of hydrogen-bond acceptors (Lipinski definition) is 3. The van der Waals surface area contributed by atoms with E-state index in [1.807, 2.05) is 25.4 Å². The summed E-state index contributed by atoms with van der Waals surface area (Å²) in [5, 5.41) is 3.93. The third kappa shape index (κ3) is 2.46. The van der Waals surface area contributed by atoms with Gasteiger partial charge in [0, 0.05) is 24.8 Å². The van der Waals surface area contributed by atoms with Crippen molar-refractivity contribution >= 4 is 11.6 Å². The van der Waals surface area contributed by atoms with E-state index in [9.17, 15) is 0 Å². The largest absolute Gasteiger partial charge is 0.309 e. The second-order valence-corrected chi connectivity index (χ2v) is 4.26. The number of hydrogen-bond donors (Lipinski definition) is 1. The van der Waals surface area contributed by atoms with E-state index in [0.29, 0.717) is 5.02 Å². The molecular weight excluding hydrogens is 234 g/mol. The molecule has 1 N–H and O–H groups in total. The highest BCUT2D eigenvalue weighted by molar-refractivity contribution is 6.31. The molecule has 4 heteroatoms. The summed E-state index contributed by atoms with van der Waals surface area (Å²) in [7, 11) is 1.91. The summed E-state index contributed by atoms with van der Waals surface area (Å²) in [5.41, 5.74) is 3.33. The van der Waals surface area contributed by atoms with E-state index in [0.717, 1.165) is 11.1 Å². The van der Waals surface area contributed by atoms with Crippen LogP contribution >= 0.6 is 11.6 Å². The predicted octanol–water partition coefficient (Wildman–Crippen LogP) is 2.75. The zero-order valence-electron chi connectivity index (χ0n) is 9.81. The van der Waals surface area contributed by atoms with Gasteiger partial charge >= 0.3 is 0 Å². The van der Waals surface area contributed by atoms with E-state index in [-0.39, 0.29) is 6.04 Å². The Balaban J connectivity index is 2.48. The number of aryl methyl sites for hydroxylation is 1. The summed E-state index contributed by atoms with van der Waals surface area (Å²) < 4.78 is 0. The highest BCUT2D eigenvalue weighted by Crippen LogP contribution is 2.28. The van der Waals surface area contributed by atoms with E-state index in [4.69, 9.17) is 11.6 Å². The van der Waals surface area contributed by atoms with Crippen LogP contribution in [0.4, 0.5) is 0 Å². The number of nitrogens with zero attached hydrogens (tertiary/aromatic N) is 2. The summed E-state index contributed by atoms with van der Waals surface area (Å²) in [4.78, 5) is 8.17. The molecule has 2 rings (SSSR count). The first-order chi connectivity index (χ1) is 8.24. The van der Waals surface area contributed by atoms with Crippen molar-refractivity contribution in [1.29, 1.82) is 0 Å². The molecule has 0 aliphatic rings. The Morgan fingerprint density at radius 2 is 1.82 bits per heavy atom. The summed E-state index contributed by atoms with van der Waals surface area (Å²) in [5.74, 6) is 0. The van der Waals surface area contributed by atoms with Crippen LogP contribution in [0, 0.1) is 6.92 Å². The van der Waals surface area contributed by atoms with E-state index < -0.39 is 0 Å². The van der Waals surface area contributed by atoms with Crippen molar-refractivity contribution in [2.24, 2.45) is 0 Å². The van der Waals surface area contributed by atoms with Gasteiger partial charge in [0.15, 0.2) is 0 Å². The van der Waals surface area contributed by atoms with Crippen molar-refractivity contribution in [3.8, 4) is 0 Å². The molecule has 0 fully saturated rings. The van der Waals surface area contributed by atoms with E-state index in [2.05, 4.69) is 22.2 Å². The van der Waals surface area contributed by atoms with Gasteiger partial charge in [0.2, 0.25) is 0 Å². The van der Waals surface area contributed by atoms with E-state index in [1.54, 1.807) is 18.6 Å². The van der Waals surface area contributed by atoms with Crippen LogP contribution in [-0.4, -0.2) is 17.0 Å². The van der Waals surface area contributed by atoms with Crippen LogP contribution < -0.4 is 5.32 Å². The number of pyridine rings is 2. The third-order valence-electron chi connectivity index (χ3n) is 2.79. The van der Waals surface area contributed by atoms with Crippen LogP contribution in [-0.2, 0) is 0 Å². The van der Waals surface area contributed by atoms with Gasteiger partial charge in [-0.1, -0.05) is 11.6 Å². The van der Waals surface area contributed by atoms with Crippen LogP contribution in [0.1, 0.15) is 22.7 Å². The van der Waals surface area contributed by atoms with Gasteiger partial charge in [0.1, 0.15) is 0 Å². The Labute approximate surface area is 106 Å². The first-order valence-corrected chi connectivity index (χ1v) is 5.79. The highest BCUT2D eigenvalue weighted by atomic mass is 35.5. The topological polar surface area (TPSA) is 37.8 Å². The van der Waals surface area contributed by atoms with Crippen LogP contribution in [0.25, 0.3) is 0 Å². The number of halogens is 1. The second-order valence-electron chi connectivity index (χ2n) is 3.85. The highest BCUT2D eigenvalue weighted by Gasteiger charge is 2.16. The average molecular weight is 248 g/mol. The molecule has 0 amide bonds. The molecule has 17 heavy (non-hydrogen) atoms. The van der Waals surface area contributed by atoms with Gasteiger partial charge in [0.05, 0.1) is 11.1 Å². The van der Waals surface area contributed by atoms with Gasteiger partial charge in [-0.05, 0) is 42.8 Å².